The van der Waals surface area contributed by atoms with E-state index in [1.165, 1.54) is 13.0 Å². The molecule has 0 aliphatic heterocycles. The lowest BCUT2D eigenvalue weighted by Gasteiger charge is -2.20. The number of carbonyl (C=O) groups excluding carboxylic acids is 1. The van der Waals surface area contributed by atoms with Crippen molar-refractivity contribution >= 4 is 5.91 Å². The minimum atomic E-state index is -4.52. The van der Waals surface area contributed by atoms with Gasteiger partial charge in [0.2, 0.25) is 0 Å². The molecule has 1 aromatic rings. The van der Waals surface area contributed by atoms with Crippen LogP contribution in [0.25, 0.3) is 0 Å². The van der Waals surface area contributed by atoms with Gasteiger partial charge in [-0.3, -0.25) is 4.79 Å². The highest BCUT2D eigenvalue weighted by atomic mass is 19.4. The van der Waals surface area contributed by atoms with Crippen LogP contribution in [0.3, 0.4) is 0 Å². The zero-order valence-electron chi connectivity index (χ0n) is 10.2. The maximum absolute atomic E-state index is 12.5. The third-order valence-electron chi connectivity index (χ3n) is 2.42. The zero-order valence-corrected chi connectivity index (χ0v) is 10.2. The molecule has 106 valence electrons. The summed E-state index contributed by atoms with van der Waals surface area (Å²) in [6.07, 6.45) is -4.52. The summed E-state index contributed by atoms with van der Waals surface area (Å²) in [6.45, 7) is 0.452. The number of aliphatic hydroxyl groups is 2. The molecule has 0 aliphatic rings. The van der Waals surface area contributed by atoms with Gasteiger partial charge < -0.3 is 15.5 Å². The molecule has 1 rings (SSSR count). The molecule has 1 unspecified atom stereocenters. The number of carbonyl (C=O) groups is 1. The first kappa shape index (κ1) is 15.5. The average Bonchev–Trinajstić information content (AvgIpc) is 2.35. The average molecular weight is 277 g/mol. The van der Waals surface area contributed by atoms with E-state index in [1.54, 1.807) is 0 Å². The number of hydrogen-bond acceptors (Lipinski definition) is 3. The molecular weight excluding hydrogens is 263 g/mol. The fraction of sp³-hybridized carbons (Fsp3) is 0.417. The Balaban J connectivity index is 2.78. The first-order valence-electron chi connectivity index (χ1n) is 5.44. The highest BCUT2D eigenvalue weighted by molar-refractivity contribution is 5.94. The monoisotopic (exact) mass is 277 g/mol. The van der Waals surface area contributed by atoms with E-state index in [2.05, 4.69) is 5.32 Å². The fourth-order valence-corrected chi connectivity index (χ4v) is 1.27. The van der Waals surface area contributed by atoms with Crippen molar-refractivity contribution in [2.75, 3.05) is 13.2 Å². The standard InChI is InChI=1S/C12H14F3NO3/c1-11(19,7-17)6-16-10(18)8-3-2-4-9(5-8)12(13,14)15/h2-5,17,19H,6-7H2,1H3,(H,16,18). The molecular formula is C12H14F3NO3. The molecule has 1 amide bonds. The molecule has 0 fully saturated rings. The second kappa shape index (κ2) is 5.58. The lowest BCUT2D eigenvalue weighted by Crippen LogP contribution is -2.43. The number of amides is 1. The molecule has 0 heterocycles. The lowest BCUT2D eigenvalue weighted by atomic mass is 10.1. The predicted octanol–water partition coefficient (Wildman–Crippen LogP) is 1.18. The van der Waals surface area contributed by atoms with Crippen molar-refractivity contribution in [2.45, 2.75) is 18.7 Å². The molecule has 0 saturated carbocycles. The SMILES string of the molecule is CC(O)(CO)CNC(=O)c1cccc(C(F)(F)F)c1. The molecule has 0 aliphatic carbocycles. The van der Waals surface area contributed by atoms with Crippen molar-refractivity contribution in [3.05, 3.63) is 35.4 Å². The molecule has 0 bridgehead atoms. The van der Waals surface area contributed by atoms with E-state index in [1.807, 2.05) is 0 Å². The minimum Gasteiger partial charge on any atom is -0.393 e. The molecule has 19 heavy (non-hydrogen) atoms. The van der Waals surface area contributed by atoms with Crippen LogP contribution < -0.4 is 5.32 Å². The Kier molecular flexibility index (Phi) is 4.54. The Morgan fingerprint density at radius 2 is 2.00 bits per heavy atom. The molecule has 0 radical (unpaired) electrons. The Morgan fingerprint density at radius 3 is 2.53 bits per heavy atom. The van der Waals surface area contributed by atoms with Crippen LogP contribution in [0.5, 0.6) is 0 Å². The van der Waals surface area contributed by atoms with E-state index in [0.29, 0.717) is 0 Å². The molecule has 7 heteroatoms. The van der Waals surface area contributed by atoms with Gasteiger partial charge in [-0.05, 0) is 25.1 Å². The van der Waals surface area contributed by atoms with Crippen molar-refractivity contribution in [3.63, 3.8) is 0 Å². The summed E-state index contributed by atoms with van der Waals surface area (Å²) in [5.41, 5.74) is -2.60. The second-order valence-electron chi connectivity index (χ2n) is 4.42. The van der Waals surface area contributed by atoms with E-state index in [4.69, 9.17) is 5.11 Å². The van der Waals surface area contributed by atoms with Gasteiger partial charge in [-0.15, -0.1) is 0 Å². The quantitative estimate of drug-likeness (QED) is 0.774. The van der Waals surface area contributed by atoms with Gasteiger partial charge in [-0.2, -0.15) is 13.2 Å². The fourth-order valence-electron chi connectivity index (χ4n) is 1.27. The van der Waals surface area contributed by atoms with E-state index < -0.39 is 29.9 Å². The van der Waals surface area contributed by atoms with Crippen LogP contribution in [-0.4, -0.2) is 34.9 Å². The van der Waals surface area contributed by atoms with Gasteiger partial charge in [-0.25, -0.2) is 0 Å². The van der Waals surface area contributed by atoms with Crippen LogP contribution in [0, 0.1) is 0 Å². The van der Waals surface area contributed by atoms with E-state index in [-0.39, 0.29) is 12.1 Å². The molecule has 4 nitrogen and oxygen atoms in total. The summed E-state index contributed by atoms with van der Waals surface area (Å²) < 4.78 is 37.4. The summed E-state index contributed by atoms with van der Waals surface area (Å²) >= 11 is 0. The predicted molar refractivity (Wildman–Crippen MR) is 61.5 cm³/mol. The second-order valence-corrected chi connectivity index (χ2v) is 4.42. The van der Waals surface area contributed by atoms with Crippen LogP contribution in [0.1, 0.15) is 22.8 Å². The van der Waals surface area contributed by atoms with Crippen LogP contribution in [-0.2, 0) is 6.18 Å². The molecule has 0 saturated heterocycles. The van der Waals surface area contributed by atoms with Gasteiger partial charge in [0.05, 0.1) is 12.2 Å². The third-order valence-corrected chi connectivity index (χ3v) is 2.42. The number of rotatable bonds is 4. The third kappa shape index (κ3) is 4.53. The summed E-state index contributed by atoms with van der Waals surface area (Å²) in [7, 11) is 0. The van der Waals surface area contributed by atoms with E-state index >= 15 is 0 Å². The van der Waals surface area contributed by atoms with Gasteiger partial charge >= 0.3 is 6.18 Å². The first-order chi connectivity index (χ1) is 8.65. The molecule has 1 atom stereocenters. The number of alkyl halides is 3. The molecule has 3 N–H and O–H groups in total. The molecule has 0 spiro atoms. The van der Waals surface area contributed by atoms with Crippen molar-refractivity contribution in [3.8, 4) is 0 Å². The number of hydrogen-bond donors (Lipinski definition) is 3. The number of halogens is 3. The van der Waals surface area contributed by atoms with E-state index in [9.17, 15) is 23.1 Å². The number of nitrogens with one attached hydrogen (secondary N) is 1. The Morgan fingerprint density at radius 1 is 1.37 bits per heavy atom. The van der Waals surface area contributed by atoms with Gasteiger partial charge in [-0.1, -0.05) is 6.07 Å². The Hall–Kier alpha value is -1.60. The Labute approximate surface area is 107 Å². The van der Waals surface area contributed by atoms with Crippen molar-refractivity contribution in [1.82, 2.24) is 5.32 Å². The van der Waals surface area contributed by atoms with Crippen molar-refractivity contribution in [1.29, 1.82) is 0 Å². The van der Waals surface area contributed by atoms with Gasteiger partial charge in [0.25, 0.3) is 5.91 Å². The first-order valence-corrected chi connectivity index (χ1v) is 5.44. The summed E-state index contributed by atoms with van der Waals surface area (Å²) in [5, 5.41) is 20.5. The van der Waals surface area contributed by atoms with Crippen LogP contribution in [0.4, 0.5) is 13.2 Å². The van der Waals surface area contributed by atoms with Crippen LogP contribution in [0.15, 0.2) is 24.3 Å². The maximum atomic E-state index is 12.5. The summed E-state index contributed by atoms with van der Waals surface area (Å²) in [6, 6.07) is 3.95. The van der Waals surface area contributed by atoms with Crippen LogP contribution >= 0.6 is 0 Å². The molecule has 0 aromatic heterocycles. The minimum absolute atomic E-state index is 0.163. The largest absolute Gasteiger partial charge is 0.416 e. The molecule has 1 aromatic carbocycles. The van der Waals surface area contributed by atoms with Crippen LogP contribution in [0.2, 0.25) is 0 Å². The number of benzene rings is 1. The smallest absolute Gasteiger partial charge is 0.393 e. The van der Waals surface area contributed by atoms with Gasteiger partial charge in [0.15, 0.2) is 0 Å². The topological polar surface area (TPSA) is 69.6 Å². The zero-order chi connectivity index (χ0) is 14.7. The maximum Gasteiger partial charge on any atom is 0.416 e. The van der Waals surface area contributed by atoms with Crippen molar-refractivity contribution < 1.29 is 28.2 Å². The highest BCUT2D eigenvalue weighted by Crippen LogP contribution is 2.29. The Bertz CT molecular complexity index is 458. The van der Waals surface area contributed by atoms with E-state index in [0.717, 1.165) is 18.2 Å². The highest BCUT2D eigenvalue weighted by Gasteiger charge is 2.31. The normalized spacial score (nSPS) is 14.8. The summed E-state index contributed by atoms with van der Waals surface area (Å²) in [4.78, 5) is 11.6. The van der Waals surface area contributed by atoms with Gasteiger partial charge in [0, 0.05) is 12.1 Å². The van der Waals surface area contributed by atoms with Gasteiger partial charge in [0.1, 0.15) is 5.60 Å². The van der Waals surface area contributed by atoms with Crippen molar-refractivity contribution in [2.24, 2.45) is 0 Å². The summed E-state index contributed by atoms with van der Waals surface area (Å²) in [5.74, 6) is -0.750. The lowest BCUT2D eigenvalue weighted by molar-refractivity contribution is -0.137. The number of aliphatic hydroxyl groups excluding tert-OH is 1.